The summed E-state index contributed by atoms with van der Waals surface area (Å²) in [6, 6.07) is 9.52. The third kappa shape index (κ3) is 4.05. The van der Waals surface area contributed by atoms with E-state index in [1.165, 1.54) is 0 Å². The molecule has 1 aliphatic heterocycles. The van der Waals surface area contributed by atoms with Crippen LogP contribution in [-0.4, -0.2) is 37.6 Å². The van der Waals surface area contributed by atoms with Gasteiger partial charge in [-0.2, -0.15) is 11.3 Å². The van der Waals surface area contributed by atoms with Crippen LogP contribution in [0.5, 0.6) is 11.5 Å². The van der Waals surface area contributed by atoms with Crippen molar-refractivity contribution in [3.8, 4) is 11.5 Å². The van der Waals surface area contributed by atoms with Crippen LogP contribution in [0, 0.1) is 5.92 Å². The molecule has 1 aromatic heterocycles. The molecular weight excluding hydrogens is 310 g/mol. The van der Waals surface area contributed by atoms with E-state index in [0.29, 0.717) is 12.5 Å². The van der Waals surface area contributed by atoms with Crippen LogP contribution in [0.25, 0.3) is 0 Å². The number of nitrogens with zero attached hydrogens (tertiary/aromatic N) is 1. The minimum Gasteiger partial charge on any atom is -0.497 e. The van der Waals surface area contributed by atoms with Crippen molar-refractivity contribution >= 4 is 17.2 Å². The molecule has 4 nitrogen and oxygen atoms in total. The van der Waals surface area contributed by atoms with Crippen LogP contribution in [0.15, 0.2) is 41.1 Å². The molecule has 5 heteroatoms. The molecule has 0 saturated carbocycles. The molecule has 122 valence electrons. The Kier molecular flexibility index (Phi) is 5.18. The van der Waals surface area contributed by atoms with Crippen molar-refractivity contribution < 1.29 is 14.3 Å². The molecule has 3 rings (SSSR count). The molecule has 1 fully saturated rings. The normalized spacial score (nSPS) is 17.8. The van der Waals surface area contributed by atoms with E-state index in [1.807, 2.05) is 46.0 Å². The Labute approximate surface area is 140 Å². The molecule has 1 amide bonds. The number of piperidine rings is 1. The van der Waals surface area contributed by atoms with E-state index in [-0.39, 0.29) is 5.91 Å². The zero-order valence-electron chi connectivity index (χ0n) is 13.2. The fourth-order valence-corrected chi connectivity index (χ4v) is 3.49. The Morgan fingerprint density at radius 3 is 3.00 bits per heavy atom. The molecule has 2 heterocycles. The van der Waals surface area contributed by atoms with Gasteiger partial charge in [0, 0.05) is 30.5 Å². The summed E-state index contributed by atoms with van der Waals surface area (Å²) < 4.78 is 11.1. The number of carbonyl (C=O) groups is 1. The lowest BCUT2D eigenvalue weighted by molar-refractivity contribution is 0.0634. The maximum atomic E-state index is 12.4. The first-order valence-corrected chi connectivity index (χ1v) is 8.79. The van der Waals surface area contributed by atoms with Crippen LogP contribution in [0.3, 0.4) is 0 Å². The maximum absolute atomic E-state index is 12.4. The van der Waals surface area contributed by atoms with E-state index < -0.39 is 0 Å². The van der Waals surface area contributed by atoms with Gasteiger partial charge in [-0.1, -0.05) is 6.07 Å². The summed E-state index contributed by atoms with van der Waals surface area (Å²) in [4.78, 5) is 14.4. The second-order valence-electron chi connectivity index (χ2n) is 5.76. The number of benzene rings is 1. The predicted octanol–water partition coefficient (Wildman–Crippen LogP) is 3.69. The summed E-state index contributed by atoms with van der Waals surface area (Å²) in [5, 5.41) is 3.86. The first-order chi connectivity index (χ1) is 11.3. The molecule has 0 radical (unpaired) electrons. The summed E-state index contributed by atoms with van der Waals surface area (Å²) in [5.41, 5.74) is 0.796. The van der Waals surface area contributed by atoms with Crippen molar-refractivity contribution in [1.82, 2.24) is 4.90 Å². The number of hydrogen-bond acceptors (Lipinski definition) is 4. The molecule has 1 aliphatic rings. The lowest BCUT2D eigenvalue weighted by Crippen LogP contribution is -2.41. The van der Waals surface area contributed by atoms with E-state index in [9.17, 15) is 4.79 Å². The highest BCUT2D eigenvalue weighted by molar-refractivity contribution is 7.08. The number of rotatable bonds is 5. The first kappa shape index (κ1) is 15.9. The third-order valence-electron chi connectivity index (χ3n) is 4.10. The molecule has 0 aliphatic carbocycles. The summed E-state index contributed by atoms with van der Waals surface area (Å²) in [5.74, 6) is 2.11. The number of ether oxygens (including phenoxy) is 2. The van der Waals surface area contributed by atoms with Gasteiger partial charge in [0.2, 0.25) is 0 Å². The Morgan fingerprint density at radius 2 is 2.22 bits per heavy atom. The fourth-order valence-electron chi connectivity index (χ4n) is 2.86. The van der Waals surface area contributed by atoms with Crippen molar-refractivity contribution in [2.75, 3.05) is 26.8 Å². The van der Waals surface area contributed by atoms with Crippen LogP contribution in [0.1, 0.15) is 23.2 Å². The van der Waals surface area contributed by atoms with E-state index in [4.69, 9.17) is 9.47 Å². The number of methoxy groups -OCH3 is 1. The molecule has 1 saturated heterocycles. The van der Waals surface area contributed by atoms with Gasteiger partial charge < -0.3 is 14.4 Å². The Bertz CT molecular complexity index is 641. The number of amides is 1. The smallest absolute Gasteiger partial charge is 0.254 e. The Balaban J connectivity index is 1.55. The van der Waals surface area contributed by atoms with E-state index >= 15 is 0 Å². The SMILES string of the molecule is COc1cccc(OC[C@@H]2CCCN(C(=O)c3ccsc3)C2)c1. The number of likely N-dealkylation sites (tertiary alicyclic amines) is 1. The quantitative estimate of drug-likeness (QED) is 0.839. The number of hydrogen-bond donors (Lipinski definition) is 0. The van der Waals surface area contributed by atoms with Crippen LogP contribution >= 0.6 is 11.3 Å². The summed E-state index contributed by atoms with van der Waals surface area (Å²) in [6.07, 6.45) is 2.12. The van der Waals surface area contributed by atoms with Crippen molar-refractivity contribution in [2.24, 2.45) is 5.92 Å². The van der Waals surface area contributed by atoms with Crippen LogP contribution < -0.4 is 9.47 Å². The zero-order chi connectivity index (χ0) is 16.1. The van der Waals surface area contributed by atoms with Gasteiger partial charge >= 0.3 is 0 Å². The standard InChI is InChI=1S/C18H21NO3S/c1-21-16-5-2-6-17(10-16)22-12-14-4-3-8-19(11-14)18(20)15-7-9-23-13-15/h2,5-7,9-10,13-14H,3-4,8,11-12H2,1H3/t14-/m1/s1. The second kappa shape index (κ2) is 7.51. The topological polar surface area (TPSA) is 38.8 Å². The Morgan fingerprint density at radius 1 is 1.35 bits per heavy atom. The monoisotopic (exact) mass is 331 g/mol. The van der Waals surface area contributed by atoms with Gasteiger partial charge in [0.15, 0.2) is 0 Å². The summed E-state index contributed by atoms with van der Waals surface area (Å²) >= 11 is 1.56. The minimum atomic E-state index is 0.136. The fraction of sp³-hybridized carbons (Fsp3) is 0.389. The van der Waals surface area contributed by atoms with Crippen molar-refractivity contribution in [3.63, 3.8) is 0 Å². The predicted molar refractivity (Wildman–Crippen MR) is 91.4 cm³/mol. The van der Waals surface area contributed by atoms with Gasteiger partial charge in [0.1, 0.15) is 11.5 Å². The largest absolute Gasteiger partial charge is 0.497 e. The van der Waals surface area contributed by atoms with Crippen molar-refractivity contribution in [3.05, 3.63) is 46.7 Å². The lowest BCUT2D eigenvalue weighted by Gasteiger charge is -2.32. The molecule has 0 unspecified atom stereocenters. The van der Waals surface area contributed by atoms with Gasteiger partial charge in [0.05, 0.1) is 19.3 Å². The first-order valence-electron chi connectivity index (χ1n) is 7.84. The molecular formula is C18H21NO3S. The molecule has 23 heavy (non-hydrogen) atoms. The number of carbonyl (C=O) groups excluding carboxylic acids is 1. The highest BCUT2D eigenvalue weighted by atomic mass is 32.1. The maximum Gasteiger partial charge on any atom is 0.254 e. The van der Waals surface area contributed by atoms with Crippen molar-refractivity contribution in [2.45, 2.75) is 12.8 Å². The highest BCUT2D eigenvalue weighted by Crippen LogP contribution is 2.23. The van der Waals surface area contributed by atoms with Crippen molar-refractivity contribution in [1.29, 1.82) is 0 Å². The number of thiophene rings is 1. The van der Waals surface area contributed by atoms with Gasteiger partial charge in [-0.3, -0.25) is 4.79 Å². The molecule has 1 atom stereocenters. The molecule has 0 N–H and O–H groups in total. The van der Waals surface area contributed by atoms with E-state index in [1.54, 1.807) is 18.4 Å². The second-order valence-corrected chi connectivity index (χ2v) is 6.54. The van der Waals surface area contributed by atoms with Crippen LogP contribution in [-0.2, 0) is 0 Å². The van der Waals surface area contributed by atoms with E-state index in [2.05, 4.69) is 0 Å². The summed E-state index contributed by atoms with van der Waals surface area (Å²) in [7, 11) is 1.65. The van der Waals surface area contributed by atoms with Gasteiger partial charge in [-0.15, -0.1) is 0 Å². The third-order valence-corrected chi connectivity index (χ3v) is 4.78. The minimum absolute atomic E-state index is 0.136. The average Bonchev–Trinajstić information content (AvgIpc) is 3.14. The van der Waals surface area contributed by atoms with E-state index in [0.717, 1.165) is 43.0 Å². The van der Waals surface area contributed by atoms with Gasteiger partial charge in [-0.25, -0.2) is 0 Å². The molecule has 0 spiro atoms. The zero-order valence-corrected chi connectivity index (χ0v) is 14.1. The van der Waals surface area contributed by atoms with Gasteiger partial charge in [-0.05, 0) is 36.4 Å². The lowest BCUT2D eigenvalue weighted by atomic mass is 9.98. The molecule has 0 bridgehead atoms. The van der Waals surface area contributed by atoms with Crippen LogP contribution in [0.2, 0.25) is 0 Å². The molecule has 1 aromatic carbocycles. The molecule has 2 aromatic rings. The average molecular weight is 331 g/mol. The summed E-state index contributed by atoms with van der Waals surface area (Å²) in [6.45, 7) is 2.23. The van der Waals surface area contributed by atoms with Crippen LogP contribution in [0.4, 0.5) is 0 Å². The Hall–Kier alpha value is -2.01. The highest BCUT2D eigenvalue weighted by Gasteiger charge is 2.25. The van der Waals surface area contributed by atoms with Gasteiger partial charge in [0.25, 0.3) is 5.91 Å².